The van der Waals surface area contributed by atoms with Crippen LogP contribution in [0.5, 0.6) is 0 Å². The Kier molecular flexibility index (Phi) is 4.60. The first-order valence-electron chi connectivity index (χ1n) is 9.33. The Morgan fingerprint density at radius 2 is 1.88 bits per heavy atom. The molecule has 1 aliphatic carbocycles. The minimum Gasteiger partial charge on any atom is -0.372 e. The van der Waals surface area contributed by atoms with Gasteiger partial charge in [0.25, 0.3) is 5.82 Å². The van der Waals surface area contributed by atoms with E-state index in [1.165, 1.54) is 11.3 Å². The topological polar surface area (TPSA) is 42.6 Å². The zero-order valence-electron chi connectivity index (χ0n) is 15.3. The van der Waals surface area contributed by atoms with Gasteiger partial charge in [0.2, 0.25) is 0 Å². The molecule has 134 valence electrons. The Balaban J connectivity index is 1.44. The lowest BCUT2D eigenvalue weighted by Gasteiger charge is -2.38. The Morgan fingerprint density at radius 3 is 2.62 bits per heavy atom. The van der Waals surface area contributed by atoms with Gasteiger partial charge in [0, 0.05) is 24.7 Å². The zero-order chi connectivity index (χ0) is 18.1. The van der Waals surface area contributed by atoms with Crippen molar-refractivity contribution in [3.63, 3.8) is 0 Å². The molecule has 2 fully saturated rings. The van der Waals surface area contributed by atoms with E-state index in [9.17, 15) is 0 Å². The highest BCUT2D eigenvalue weighted by Gasteiger charge is 2.33. The molecular weight excluding hydrogens is 324 g/mol. The Labute approximate surface area is 154 Å². The van der Waals surface area contributed by atoms with Crippen LogP contribution in [0.15, 0.2) is 36.5 Å². The van der Waals surface area contributed by atoms with E-state index in [4.69, 9.17) is 16.3 Å². The van der Waals surface area contributed by atoms with Gasteiger partial charge in [-0.25, -0.2) is 4.98 Å². The molecular formula is C21H24N4O. The van der Waals surface area contributed by atoms with Gasteiger partial charge in [-0.15, -0.1) is 4.98 Å². The van der Waals surface area contributed by atoms with Crippen LogP contribution < -0.4 is 4.90 Å². The van der Waals surface area contributed by atoms with Gasteiger partial charge >= 0.3 is 0 Å². The SMILES string of the molecule is [C-]#[N+]c1cc(C2CC(c3cccc(N4C[C@@H](C)O[C@@H](C)C4)n3)C2)ccn1. The predicted octanol–water partition coefficient (Wildman–Crippen LogP) is 4.30. The fourth-order valence-electron chi connectivity index (χ4n) is 4.09. The van der Waals surface area contributed by atoms with E-state index in [-0.39, 0.29) is 12.2 Å². The fraction of sp³-hybridized carbons (Fsp3) is 0.476. The van der Waals surface area contributed by atoms with E-state index in [0.29, 0.717) is 17.7 Å². The van der Waals surface area contributed by atoms with Crippen LogP contribution in [0, 0.1) is 6.57 Å². The van der Waals surface area contributed by atoms with Crippen LogP contribution >= 0.6 is 0 Å². The molecule has 1 aliphatic heterocycles. The third-order valence-corrected chi connectivity index (χ3v) is 5.41. The van der Waals surface area contributed by atoms with Gasteiger partial charge in [0.05, 0.1) is 12.2 Å². The van der Waals surface area contributed by atoms with Gasteiger partial charge in [0.1, 0.15) is 12.0 Å². The number of anilines is 1. The molecule has 5 nitrogen and oxygen atoms in total. The average Bonchev–Trinajstić information content (AvgIpc) is 2.60. The summed E-state index contributed by atoms with van der Waals surface area (Å²) in [5.41, 5.74) is 2.42. The zero-order valence-corrected chi connectivity index (χ0v) is 15.3. The first-order chi connectivity index (χ1) is 12.6. The van der Waals surface area contributed by atoms with Crippen molar-refractivity contribution in [1.29, 1.82) is 0 Å². The fourth-order valence-corrected chi connectivity index (χ4v) is 4.09. The van der Waals surface area contributed by atoms with Crippen LogP contribution in [-0.2, 0) is 4.74 Å². The van der Waals surface area contributed by atoms with Crippen LogP contribution in [-0.4, -0.2) is 35.3 Å². The number of ether oxygens (including phenoxy) is 1. The largest absolute Gasteiger partial charge is 0.372 e. The van der Waals surface area contributed by atoms with E-state index in [2.05, 4.69) is 46.8 Å². The number of rotatable bonds is 3. The average molecular weight is 348 g/mol. The highest BCUT2D eigenvalue weighted by Crippen LogP contribution is 2.47. The second-order valence-corrected chi connectivity index (χ2v) is 7.51. The maximum absolute atomic E-state index is 7.12. The summed E-state index contributed by atoms with van der Waals surface area (Å²) in [4.78, 5) is 14.8. The quantitative estimate of drug-likeness (QED) is 0.776. The number of aromatic nitrogens is 2. The summed E-state index contributed by atoms with van der Waals surface area (Å²) in [5.74, 6) is 2.56. The van der Waals surface area contributed by atoms with Gasteiger partial charge in [0.15, 0.2) is 0 Å². The molecule has 2 aliphatic rings. The summed E-state index contributed by atoms with van der Waals surface area (Å²) in [6.45, 7) is 13.1. The van der Waals surface area contributed by atoms with Gasteiger partial charge in [-0.3, -0.25) is 0 Å². The van der Waals surface area contributed by atoms with E-state index >= 15 is 0 Å². The van der Waals surface area contributed by atoms with E-state index in [1.807, 2.05) is 12.1 Å². The molecule has 1 saturated carbocycles. The van der Waals surface area contributed by atoms with Crippen LogP contribution in [0.1, 0.15) is 49.8 Å². The van der Waals surface area contributed by atoms with Crippen molar-refractivity contribution < 1.29 is 4.74 Å². The molecule has 0 unspecified atom stereocenters. The lowest BCUT2D eigenvalue weighted by Crippen LogP contribution is -2.45. The minimum absolute atomic E-state index is 0.237. The highest BCUT2D eigenvalue weighted by molar-refractivity contribution is 5.43. The molecule has 0 N–H and O–H groups in total. The lowest BCUT2D eigenvalue weighted by molar-refractivity contribution is -0.00547. The first kappa shape index (κ1) is 17.0. The van der Waals surface area contributed by atoms with Crippen LogP contribution in [0.25, 0.3) is 4.85 Å². The Morgan fingerprint density at radius 1 is 1.12 bits per heavy atom. The molecule has 0 aromatic carbocycles. The van der Waals surface area contributed by atoms with E-state index < -0.39 is 0 Å². The summed E-state index contributed by atoms with van der Waals surface area (Å²) in [6.07, 6.45) is 4.40. The van der Waals surface area contributed by atoms with E-state index in [1.54, 1.807) is 6.20 Å². The molecule has 2 atom stereocenters. The number of nitrogens with zero attached hydrogens (tertiary/aromatic N) is 4. The summed E-state index contributed by atoms with van der Waals surface area (Å²) in [6, 6.07) is 10.3. The maximum Gasteiger partial charge on any atom is 0.269 e. The summed E-state index contributed by atoms with van der Waals surface area (Å²) < 4.78 is 5.83. The minimum atomic E-state index is 0.237. The molecule has 1 saturated heterocycles. The van der Waals surface area contributed by atoms with Crippen molar-refractivity contribution >= 4 is 11.6 Å². The molecule has 0 spiro atoms. The van der Waals surface area contributed by atoms with Crippen molar-refractivity contribution in [2.45, 2.75) is 50.7 Å². The van der Waals surface area contributed by atoms with Gasteiger partial charge in [-0.2, -0.15) is 0 Å². The third-order valence-electron chi connectivity index (χ3n) is 5.41. The second-order valence-electron chi connectivity index (χ2n) is 7.51. The maximum atomic E-state index is 7.12. The molecule has 0 bridgehead atoms. The predicted molar refractivity (Wildman–Crippen MR) is 102 cm³/mol. The van der Waals surface area contributed by atoms with Crippen molar-refractivity contribution in [3.8, 4) is 0 Å². The summed E-state index contributed by atoms with van der Waals surface area (Å²) in [5, 5.41) is 0. The van der Waals surface area contributed by atoms with Crippen molar-refractivity contribution in [2.24, 2.45) is 0 Å². The Hall–Kier alpha value is -2.45. The monoisotopic (exact) mass is 348 g/mol. The van der Waals surface area contributed by atoms with Gasteiger partial charge in [-0.05, 0) is 62.4 Å². The number of hydrogen-bond acceptors (Lipinski definition) is 4. The van der Waals surface area contributed by atoms with Crippen molar-refractivity contribution in [1.82, 2.24) is 9.97 Å². The van der Waals surface area contributed by atoms with Crippen molar-refractivity contribution in [2.75, 3.05) is 18.0 Å². The molecule has 2 aromatic rings. The molecule has 0 radical (unpaired) electrons. The summed E-state index contributed by atoms with van der Waals surface area (Å²) >= 11 is 0. The summed E-state index contributed by atoms with van der Waals surface area (Å²) in [7, 11) is 0. The third kappa shape index (κ3) is 3.42. The molecule has 2 aromatic heterocycles. The van der Waals surface area contributed by atoms with Crippen LogP contribution in [0.4, 0.5) is 11.6 Å². The van der Waals surface area contributed by atoms with Gasteiger partial charge in [-0.1, -0.05) is 12.6 Å². The smallest absolute Gasteiger partial charge is 0.269 e. The Bertz CT molecular complexity index is 815. The molecule has 5 heteroatoms. The number of pyridine rings is 2. The number of hydrogen-bond donors (Lipinski definition) is 0. The lowest BCUT2D eigenvalue weighted by atomic mass is 9.70. The second kappa shape index (κ2) is 7.05. The molecule has 4 rings (SSSR count). The molecule has 26 heavy (non-hydrogen) atoms. The van der Waals surface area contributed by atoms with Crippen LogP contribution in [0.3, 0.4) is 0 Å². The van der Waals surface area contributed by atoms with E-state index in [0.717, 1.165) is 31.7 Å². The normalized spacial score (nSPS) is 28.3. The first-order valence-corrected chi connectivity index (χ1v) is 9.33. The van der Waals surface area contributed by atoms with Crippen molar-refractivity contribution in [3.05, 3.63) is 59.2 Å². The van der Waals surface area contributed by atoms with Crippen LogP contribution in [0.2, 0.25) is 0 Å². The highest BCUT2D eigenvalue weighted by atomic mass is 16.5. The molecule has 0 amide bonds. The number of morpholine rings is 1. The van der Waals surface area contributed by atoms with Gasteiger partial charge < -0.3 is 14.5 Å². The molecule has 3 heterocycles. The standard InChI is InChI=1S/C21H24N4O/c1-14-12-25(13-15(2)26-14)21-6-4-5-19(24-21)18-9-17(10-18)16-7-8-23-20(11-16)22-3/h4-8,11,14-15,17-18H,9-10,12-13H2,1-2H3/t14-,15+,17?,18?.